The summed E-state index contributed by atoms with van der Waals surface area (Å²) in [6.07, 6.45) is -2.00. The molecule has 1 aromatic rings. The molecule has 0 aromatic heterocycles. The highest BCUT2D eigenvalue weighted by molar-refractivity contribution is 9.10. The Bertz CT molecular complexity index is 451. The van der Waals surface area contributed by atoms with Crippen molar-refractivity contribution in [3.8, 4) is 0 Å². The fourth-order valence-corrected chi connectivity index (χ4v) is 2.26. The van der Waals surface area contributed by atoms with Crippen molar-refractivity contribution in [1.29, 1.82) is 0 Å². The smallest absolute Gasteiger partial charge is 0.320 e. The molecule has 2 unspecified atom stereocenters. The molecule has 0 spiro atoms. The van der Waals surface area contributed by atoms with Gasteiger partial charge in [-0.25, -0.2) is 4.90 Å². The largest absolute Gasteiger partial charge is 0.468 e. The highest BCUT2D eigenvalue weighted by Gasteiger charge is 2.37. The lowest BCUT2D eigenvalue weighted by Gasteiger charge is -2.22. The van der Waals surface area contributed by atoms with E-state index in [1.165, 1.54) is 12.0 Å². The molecule has 0 amide bonds. The number of hydrogen-bond donors (Lipinski definition) is 2. The first-order chi connectivity index (χ1) is 8.04. The molecule has 1 aromatic carbocycles. The number of nitrogens with zero attached hydrogens (tertiary/aromatic N) is 1. The van der Waals surface area contributed by atoms with Crippen LogP contribution in [-0.2, 0) is 9.53 Å². The quantitative estimate of drug-likeness (QED) is 0.795. The Balaban J connectivity index is 2.28. The van der Waals surface area contributed by atoms with Crippen molar-refractivity contribution in [3.63, 3.8) is 0 Å². The summed E-state index contributed by atoms with van der Waals surface area (Å²) >= 11 is 3.29. The van der Waals surface area contributed by atoms with Gasteiger partial charge in [-0.1, -0.05) is 22.0 Å². The minimum Gasteiger partial charge on any atom is -0.468 e. The van der Waals surface area contributed by atoms with Crippen LogP contribution in [0.15, 0.2) is 22.7 Å². The first-order valence-corrected chi connectivity index (χ1v) is 5.82. The lowest BCUT2D eigenvalue weighted by atomic mass is 10.1. The van der Waals surface area contributed by atoms with Gasteiger partial charge < -0.3 is 14.9 Å². The third kappa shape index (κ3) is 2.21. The summed E-state index contributed by atoms with van der Waals surface area (Å²) in [7, 11) is 1.26. The number of methoxy groups -OCH3 is 1. The zero-order valence-electron chi connectivity index (χ0n) is 9.13. The molecule has 1 aliphatic heterocycles. The molecular weight excluding hydrogens is 290 g/mol. The predicted octanol–water partition coefficient (Wildman–Crippen LogP) is 0.919. The number of aliphatic hydroxyl groups excluding tert-OH is 2. The molecule has 1 heterocycles. The molecule has 0 fully saturated rings. The maximum absolute atomic E-state index is 11.2. The van der Waals surface area contributed by atoms with Gasteiger partial charge in [-0.3, -0.25) is 4.79 Å². The minimum atomic E-state index is -1.00. The number of aliphatic hydroxyl groups is 2. The Kier molecular flexibility index (Phi) is 3.48. The predicted molar refractivity (Wildman–Crippen MR) is 62.8 cm³/mol. The number of rotatable bonds is 2. The lowest BCUT2D eigenvalue weighted by molar-refractivity contribution is -0.152. The molecule has 0 aliphatic carbocycles. The van der Waals surface area contributed by atoms with Crippen molar-refractivity contribution in [1.82, 2.24) is 4.90 Å². The van der Waals surface area contributed by atoms with Crippen molar-refractivity contribution in [2.45, 2.75) is 12.5 Å². The van der Waals surface area contributed by atoms with Crippen LogP contribution in [0.5, 0.6) is 0 Å². The Morgan fingerprint density at radius 3 is 2.71 bits per heavy atom. The summed E-state index contributed by atoms with van der Waals surface area (Å²) in [6, 6.07) is 5.21. The molecule has 2 N–H and O–H groups in total. The molecule has 1 aliphatic rings. The molecule has 0 saturated heterocycles. The second kappa shape index (κ2) is 4.73. The highest BCUT2D eigenvalue weighted by atomic mass is 79.9. The molecule has 2 rings (SSSR count). The van der Waals surface area contributed by atoms with Gasteiger partial charge in [0, 0.05) is 15.6 Å². The summed E-state index contributed by atoms with van der Waals surface area (Å²) in [6.45, 7) is -0.162. The van der Waals surface area contributed by atoms with E-state index in [9.17, 15) is 15.0 Å². The Morgan fingerprint density at radius 2 is 2.06 bits per heavy atom. The summed E-state index contributed by atoms with van der Waals surface area (Å²) in [5, 5.41) is 20.0. The van der Waals surface area contributed by atoms with E-state index < -0.39 is 18.4 Å². The number of halogens is 1. The fraction of sp³-hybridized carbons (Fsp3) is 0.364. The monoisotopic (exact) mass is 301 g/mol. The number of benzene rings is 1. The number of fused-ring (bicyclic) bond motifs is 1. The average Bonchev–Trinajstić information content (AvgIpc) is 2.54. The first kappa shape index (κ1) is 12.5. The van der Waals surface area contributed by atoms with Gasteiger partial charge >= 0.3 is 5.97 Å². The van der Waals surface area contributed by atoms with Crippen LogP contribution in [-0.4, -0.2) is 34.7 Å². The van der Waals surface area contributed by atoms with Crippen LogP contribution >= 0.6 is 15.9 Å². The molecule has 0 saturated carbocycles. The second-order valence-corrected chi connectivity index (χ2v) is 4.68. The lowest BCUT2D eigenvalue weighted by Crippen LogP contribution is -2.32. The van der Waals surface area contributed by atoms with Gasteiger partial charge in [0.05, 0.1) is 7.11 Å². The molecule has 0 bridgehead atoms. The number of carbonyl (C=O) groups is 1. The van der Waals surface area contributed by atoms with E-state index in [1.54, 1.807) is 18.2 Å². The third-order valence-corrected chi connectivity index (χ3v) is 3.27. The van der Waals surface area contributed by atoms with Crippen molar-refractivity contribution in [2.24, 2.45) is 0 Å². The van der Waals surface area contributed by atoms with Gasteiger partial charge in [0.25, 0.3) is 0 Å². The number of carbonyl (C=O) groups excluding carboxylic acids is 1. The van der Waals surface area contributed by atoms with Gasteiger partial charge in [0.2, 0.25) is 0 Å². The van der Waals surface area contributed by atoms with E-state index >= 15 is 0 Å². The Morgan fingerprint density at radius 1 is 1.41 bits per heavy atom. The van der Waals surface area contributed by atoms with Gasteiger partial charge in [0.15, 0.2) is 0 Å². The maximum atomic E-state index is 11.2. The first-order valence-electron chi connectivity index (χ1n) is 5.02. The van der Waals surface area contributed by atoms with Crippen LogP contribution in [0.25, 0.3) is 0 Å². The zero-order valence-corrected chi connectivity index (χ0v) is 10.7. The van der Waals surface area contributed by atoms with E-state index in [0.717, 1.165) is 4.47 Å². The van der Waals surface area contributed by atoms with Crippen LogP contribution < -0.4 is 0 Å². The van der Waals surface area contributed by atoms with E-state index in [1.807, 2.05) is 0 Å². The van der Waals surface area contributed by atoms with Crippen molar-refractivity contribution in [3.05, 3.63) is 33.8 Å². The second-order valence-electron chi connectivity index (χ2n) is 3.77. The number of esters is 1. The number of ether oxygens (including phenoxy) is 1. The standard InChI is InChI=1S/C11H12BrNO4/c1-17-9(14)5-13-10(15)7-3-2-6(12)4-8(7)11(13)16/h2-4,10-11,15-16H,5H2,1H3. The Labute approximate surface area is 107 Å². The molecule has 5 nitrogen and oxygen atoms in total. The maximum Gasteiger partial charge on any atom is 0.320 e. The highest BCUT2D eigenvalue weighted by Crippen LogP contribution is 2.39. The minimum absolute atomic E-state index is 0.162. The van der Waals surface area contributed by atoms with Crippen LogP contribution in [0.1, 0.15) is 23.6 Å². The molecule has 2 atom stereocenters. The van der Waals surface area contributed by atoms with E-state index in [2.05, 4.69) is 20.7 Å². The van der Waals surface area contributed by atoms with Gasteiger partial charge in [-0.05, 0) is 12.1 Å². The average molecular weight is 302 g/mol. The van der Waals surface area contributed by atoms with Crippen molar-refractivity contribution < 1.29 is 19.7 Å². The van der Waals surface area contributed by atoms with E-state index in [-0.39, 0.29) is 6.54 Å². The number of hydrogen-bond acceptors (Lipinski definition) is 5. The summed E-state index contributed by atoms with van der Waals surface area (Å²) in [5.41, 5.74) is 1.19. The van der Waals surface area contributed by atoms with Crippen molar-refractivity contribution in [2.75, 3.05) is 13.7 Å². The van der Waals surface area contributed by atoms with E-state index in [0.29, 0.717) is 11.1 Å². The van der Waals surface area contributed by atoms with E-state index in [4.69, 9.17) is 0 Å². The molecular formula is C11H12BrNO4. The third-order valence-electron chi connectivity index (χ3n) is 2.77. The summed E-state index contributed by atoms with van der Waals surface area (Å²) in [5.74, 6) is -0.505. The SMILES string of the molecule is COC(=O)CN1C(O)c2ccc(Br)cc2C1O. The van der Waals surface area contributed by atoms with Crippen LogP contribution in [0, 0.1) is 0 Å². The normalized spacial score (nSPS) is 23.5. The zero-order chi connectivity index (χ0) is 12.6. The molecule has 6 heteroatoms. The van der Waals surface area contributed by atoms with Crippen LogP contribution in [0.4, 0.5) is 0 Å². The van der Waals surface area contributed by atoms with Gasteiger partial charge in [-0.2, -0.15) is 0 Å². The van der Waals surface area contributed by atoms with Crippen LogP contribution in [0.3, 0.4) is 0 Å². The van der Waals surface area contributed by atoms with Gasteiger partial charge in [0.1, 0.15) is 19.0 Å². The molecule has 92 valence electrons. The van der Waals surface area contributed by atoms with Gasteiger partial charge in [-0.15, -0.1) is 0 Å². The summed E-state index contributed by atoms with van der Waals surface area (Å²) < 4.78 is 5.33. The topological polar surface area (TPSA) is 70.0 Å². The molecule has 17 heavy (non-hydrogen) atoms. The fourth-order valence-electron chi connectivity index (χ4n) is 1.88. The summed E-state index contributed by atoms with van der Waals surface area (Å²) in [4.78, 5) is 12.4. The van der Waals surface area contributed by atoms with Crippen molar-refractivity contribution >= 4 is 21.9 Å². The Hall–Kier alpha value is -0.950. The van der Waals surface area contributed by atoms with Crippen LogP contribution in [0.2, 0.25) is 0 Å². The molecule has 0 radical (unpaired) electrons.